The van der Waals surface area contributed by atoms with E-state index >= 15 is 0 Å². The second-order valence-electron chi connectivity index (χ2n) is 4.59. The lowest BCUT2D eigenvalue weighted by atomic mass is 10.1. The van der Waals surface area contributed by atoms with E-state index < -0.39 is 6.43 Å². The van der Waals surface area contributed by atoms with Gasteiger partial charge in [-0.05, 0) is 28.1 Å². The third-order valence-electron chi connectivity index (χ3n) is 3.07. The van der Waals surface area contributed by atoms with Crippen LogP contribution in [0, 0.1) is 0 Å². The fourth-order valence-electron chi connectivity index (χ4n) is 2.10. The van der Waals surface area contributed by atoms with E-state index in [0.717, 1.165) is 21.2 Å². The molecule has 5 nitrogen and oxygen atoms in total. The molecule has 23 heavy (non-hydrogen) atoms. The number of fused-ring (bicyclic) bond motifs is 1. The highest BCUT2D eigenvalue weighted by molar-refractivity contribution is 9.10. The van der Waals surface area contributed by atoms with E-state index in [1.54, 1.807) is 6.07 Å². The minimum atomic E-state index is -2.65. The Bertz CT molecular complexity index is 843. The molecule has 1 aromatic carbocycles. The van der Waals surface area contributed by atoms with Gasteiger partial charge in [-0.15, -0.1) is 10.2 Å². The number of nitrogens with zero attached hydrogens (tertiary/aromatic N) is 3. The molecule has 0 saturated carbocycles. The quantitative estimate of drug-likeness (QED) is 0.680. The minimum Gasteiger partial charge on any atom is -0.395 e. The number of hydrogen-bond donors (Lipinski definition) is 2. The molecule has 0 bridgehead atoms. The first-order valence-corrected chi connectivity index (χ1v) is 8.27. The zero-order chi connectivity index (χ0) is 16.4. The fraction of sp³-hybridized carbons (Fsp3) is 0.214. The maximum absolute atomic E-state index is 12.8. The van der Waals surface area contributed by atoms with Crippen molar-refractivity contribution in [1.29, 1.82) is 0 Å². The molecule has 2 aromatic heterocycles. The highest BCUT2D eigenvalue weighted by atomic mass is 79.9. The largest absolute Gasteiger partial charge is 0.395 e. The number of aliphatic hydroxyl groups is 1. The Hall–Kier alpha value is -1.71. The summed E-state index contributed by atoms with van der Waals surface area (Å²) in [5.74, 6) is 0.530. The van der Waals surface area contributed by atoms with Crippen molar-refractivity contribution in [3.05, 3.63) is 33.7 Å². The zero-order valence-electron chi connectivity index (χ0n) is 11.6. The van der Waals surface area contributed by atoms with Gasteiger partial charge in [-0.2, -0.15) is 0 Å². The maximum atomic E-state index is 12.8. The normalized spacial score (nSPS) is 11.3. The van der Waals surface area contributed by atoms with Crippen LogP contribution < -0.4 is 5.32 Å². The number of pyridine rings is 1. The Balaban J connectivity index is 2.18. The Kier molecular flexibility index (Phi) is 4.79. The van der Waals surface area contributed by atoms with Crippen LogP contribution in [0.4, 0.5) is 14.6 Å². The van der Waals surface area contributed by atoms with E-state index in [1.165, 1.54) is 0 Å². The van der Waals surface area contributed by atoms with Gasteiger partial charge in [0.15, 0.2) is 5.01 Å². The summed E-state index contributed by atoms with van der Waals surface area (Å²) >= 11 is 4.30. The highest BCUT2D eigenvalue weighted by Gasteiger charge is 2.18. The average Bonchev–Trinajstić information content (AvgIpc) is 3.03. The summed E-state index contributed by atoms with van der Waals surface area (Å²) in [6.45, 7) is 0.292. The second-order valence-corrected chi connectivity index (χ2v) is 6.45. The summed E-state index contributed by atoms with van der Waals surface area (Å²) in [5, 5.41) is 20.2. The number of hydrogen-bond acceptors (Lipinski definition) is 6. The van der Waals surface area contributed by atoms with Crippen LogP contribution in [0.15, 0.2) is 28.7 Å². The second kappa shape index (κ2) is 6.81. The SMILES string of the molecule is OCCNc1cc(-c2nnc(C(F)F)s2)c2cccc(Br)c2n1. The van der Waals surface area contributed by atoms with Crippen molar-refractivity contribution in [3.8, 4) is 10.6 Å². The van der Waals surface area contributed by atoms with Gasteiger partial charge in [-0.25, -0.2) is 13.8 Å². The number of aromatic nitrogens is 3. The smallest absolute Gasteiger partial charge is 0.291 e. The van der Waals surface area contributed by atoms with Crippen LogP contribution in [0.5, 0.6) is 0 Å². The molecule has 0 saturated heterocycles. The molecule has 3 aromatic rings. The first-order chi connectivity index (χ1) is 11.1. The van der Waals surface area contributed by atoms with Crippen molar-refractivity contribution in [2.24, 2.45) is 0 Å². The molecule has 0 aliphatic carbocycles. The van der Waals surface area contributed by atoms with Gasteiger partial charge in [0.05, 0.1) is 12.1 Å². The first kappa shape index (κ1) is 16.2. The van der Waals surface area contributed by atoms with Crippen molar-refractivity contribution in [2.45, 2.75) is 6.43 Å². The van der Waals surface area contributed by atoms with E-state index in [9.17, 15) is 8.78 Å². The zero-order valence-corrected chi connectivity index (χ0v) is 14.0. The number of rotatable bonds is 5. The van der Waals surface area contributed by atoms with Gasteiger partial charge in [0.1, 0.15) is 10.8 Å². The summed E-state index contributed by atoms with van der Waals surface area (Å²) in [6, 6.07) is 7.26. The number of benzene rings is 1. The first-order valence-electron chi connectivity index (χ1n) is 6.66. The van der Waals surface area contributed by atoms with Crippen molar-refractivity contribution < 1.29 is 13.9 Å². The van der Waals surface area contributed by atoms with Crippen LogP contribution in [0.25, 0.3) is 21.5 Å². The molecule has 0 fully saturated rings. The Morgan fingerprint density at radius 3 is 2.83 bits per heavy atom. The van der Waals surface area contributed by atoms with Gasteiger partial charge in [-0.1, -0.05) is 23.5 Å². The number of halogens is 3. The van der Waals surface area contributed by atoms with Crippen LogP contribution >= 0.6 is 27.3 Å². The third kappa shape index (κ3) is 3.31. The van der Waals surface area contributed by atoms with Crippen molar-refractivity contribution in [1.82, 2.24) is 15.2 Å². The van der Waals surface area contributed by atoms with Gasteiger partial charge in [-0.3, -0.25) is 0 Å². The number of nitrogens with one attached hydrogen (secondary N) is 1. The molecule has 3 rings (SSSR count). The van der Waals surface area contributed by atoms with Gasteiger partial charge in [0.2, 0.25) is 0 Å². The van der Waals surface area contributed by atoms with E-state index in [-0.39, 0.29) is 11.6 Å². The molecule has 0 radical (unpaired) electrons. The lowest BCUT2D eigenvalue weighted by Crippen LogP contribution is -2.07. The van der Waals surface area contributed by atoms with Crippen LogP contribution in [0.3, 0.4) is 0 Å². The molecule has 0 aliphatic rings. The van der Waals surface area contributed by atoms with E-state index in [2.05, 4.69) is 36.4 Å². The van der Waals surface area contributed by atoms with Crippen LogP contribution in [-0.2, 0) is 0 Å². The van der Waals surface area contributed by atoms with Crippen LogP contribution in [0.2, 0.25) is 0 Å². The monoisotopic (exact) mass is 400 g/mol. The summed E-state index contributed by atoms with van der Waals surface area (Å²) in [5.41, 5.74) is 1.35. The predicted octanol–water partition coefficient (Wildman–Crippen LogP) is 3.86. The predicted molar refractivity (Wildman–Crippen MR) is 88.9 cm³/mol. The number of anilines is 1. The van der Waals surface area contributed by atoms with Gasteiger partial charge >= 0.3 is 0 Å². The molecule has 2 N–H and O–H groups in total. The molecular formula is C14H11BrF2N4OS. The number of aliphatic hydroxyl groups excluding tert-OH is 1. The Morgan fingerprint density at radius 1 is 1.30 bits per heavy atom. The summed E-state index contributed by atoms with van der Waals surface area (Å²) < 4.78 is 26.3. The molecule has 9 heteroatoms. The molecule has 0 amide bonds. The van der Waals surface area contributed by atoms with Gasteiger partial charge < -0.3 is 10.4 Å². The molecule has 0 atom stereocenters. The molecule has 0 unspecified atom stereocenters. The highest BCUT2D eigenvalue weighted by Crippen LogP contribution is 2.36. The van der Waals surface area contributed by atoms with Crippen molar-refractivity contribution in [3.63, 3.8) is 0 Å². The maximum Gasteiger partial charge on any atom is 0.291 e. The van der Waals surface area contributed by atoms with E-state index in [1.807, 2.05) is 18.2 Å². The lowest BCUT2D eigenvalue weighted by Gasteiger charge is -2.10. The molecular weight excluding hydrogens is 390 g/mol. The average molecular weight is 401 g/mol. The van der Waals surface area contributed by atoms with Crippen molar-refractivity contribution in [2.75, 3.05) is 18.5 Å². The fourth-order valence-corrected chi connectivity index (χ4v) is 3.28. The summed E-state index contributed by atoms with van der Waals surface area (Å²) in [6.07, 6.45) is -2.65. The lowest BCUT2D eigenvalue weighted by molar-refractivity contribution is 0.150. The Labute approximate surface area is 142 Å². The molecule has 120 valence electrons. The van der Waals surface area contributed by atoms with Gasteiger partial charge in [0, 0.05) is 22.0 Å². The minimum absolute atomic E-state index is 0.0423. The number of alkyl halides is 2. The Morgan fingerprint density at radius 2 is 2.13 bits per heavy atom. The standard InChI is InChI=1S/C14H11BrF2N4OS/c15-9-3-1-2-7-8(13-20-21-14(23-13)12(16)17)6-10(18-4-5-22)19-11(7)9/h1-3,6,12,22H,4-5H2,(H,18,19). The summed E-state index contributed by atoms with van der Waals surface area (Å²) in [4.78, 5) is 4.48. The molecule has 0 aliphatic heterocycles. The summed E-state index contributed by atoms with van der Waals surface area (Å²) in [7, 11) is 0. The van der Waals surface area contributed by atoms with E-state index in [0.29, 0.717) is 28.5 Å². The van der Waals surface area contributed by atoms with Gasteiger partial charge in [0.25, 0.3) is 6.43 Å². The van der Waals surface area contributed by atoms with E-state index in [4.69, 9.17) is 5.11 Å². The third-order valence-corrected chi connectivity index (χ3v) is 4.67. The van der Waals surface area contributed by atoms with Crippen LogP contribution in [0.1, 0.15) is 11.4 Å². The van der Waals surface area contributed by atoms with Crippen LogP contribution in [-0.4, -0.2) is 33.4 Å². The molecule has 0 spiro atoms. The molecule has 2 heterocycles. The van der Waals surface area contributed by atoms with Crippen molar-refractivity contribution >= 4 is 44.0 Å². The number of para-hydroxylation sites is 1. The topological polar surface area (TPSA) is 70.9 Å².